The van der Waals surface area contributed by atoms with Gasteiger partial charge in [-0.3, -0.25) is 0 Å². The number of aromatic nitrogens is 1. The lowest BCUT2D eigenvalue weighted by Gasteiger charge is -2.12. The summed E-state index contributed by atoms with van der Waals surface area (Å²) in [5.74, 6) is 0.502. The Hall–Kier alpha value is -1.58. The second kappa shape index (κ2) is 4.09. The molecule has 2 N–H and O–H groups in total. The van der Waals surface area contributed by atoms with Gasteiger partial charge in [-0.05, 0) is 19.9 Å². The van der Waals surface area contributed by atoms with Crippen LogP contribution in [0.15, 0.2) is 6.07 Å². The fourth-order valence-electron chi connectivity index (χ4n) is 1.35. The van der Waals surface area contributed by atoms with Gasteiger partial charge in [0, 0.05) is 18.5 Å². The van der Waals surface area contributed by atoms with E-state index in [1.54, 1.807) is 14.0 Å². The van der Waals surface area contributed by atoms with Crippen molar-refractivity contribution < 1.29 is 4.74 Å². The number of hydrogen-bond acceptors (Lipinski definition) is 4. The van der Waals surface area contributed by atoms with Crippen molar-refractivity contribution in [3.8, 4) is 5.88 Å². The van der Waals surface area contributed by atoms with Crippen LogP contribution in [0.3, 0.4) is 0 Å². The van der Waals surface area contributed by atoms with Gasteiger partial charge in [-0.1, -0.05) is 0 Å². The van der Waals surface area contributed by atoms with E-state index in [-0.39, 0.29) is 0 Å². The van der Waals surface area contributed by atoms with Crippen LogP contribution in [0.5, 0.6) is 5.88 Å². The summed E-state index contributed by atoms with van der Waals surface area (Å²) in [7, 11) is 3.38. The van der Waals surface area contributed by atoms with E-state index in [0.717, 1.165) is 16.9 Å². The second-order valence-corrected chi connectivity index (χ2v) is 3.07. The molecule has 0 aromatic carbocycles. The Kier molecular flexibility index (Phi) is 3.06. The molecule has 14 heavy (non-hydrogen) atoms. The van der Waals surface area contributed by atoms with Crippen LogP contribution in [-0.2, 0) is 0 Å². The quantitative estimate of drug-likeness (QED) is 0.720. The lowest BCUT2D eigenvalue weighted by molar-refractivity contribution is 0.396. The number of hydrogen-bond donors (Lipinski definition) is 2. The molecule has 1 aromatic rings. The van der Waals surface area contributed by atoms with E-state index in [4.69, 9.17) is 10.1 Å². The molecule has 0 aliphatic heterocycles. The third kappa shape index (κ3) is 1.84. The van der Waals surface area contributed by atoms with Crippen molar-refractivity contribution >= 4 is 11.4 Å². The fourth-order valence-corrected chi connectivity index (χ4v) is 1.35. The monoisotopic (exact) mass is 193 g/mol. The van der Waals surface area contributed by atoms with Crippen molar-refractivity contribution in [1.29, 1.82) is 5.41 Å². The van der Waals surface area contributed by atoms with Crippen molar-refractivity contribution in [1.82, 2.24) is 4.98 Å². The highest BCUT2D eigenvalue weighted by Gasteiger charge is 2.12. The van der Waals surface area contributed by atoms with Crippen molar-refractivity contribution in [3.63, 3.8) is 0 Å². The number of methoxy groups -OCH3 is 1. The minimum absolute atomic E-state index is 0.443. The standard InChI is InChI=1S/C10H15N3O/c1-6-5-8(12-3)9(7(2)11)10(13-6)14-4/h5,11H,1-4H3,(H,12,13). The Morgan fingerprint density at radius 3 is 2.64 bits per heavy atom. The van der Waals surface area contributed by atoms with Gasteiger partial charge in [-0.2, -0.15) is 0 Å². The molecule has 1 rings (SSSR count). The number of rotatable bonds is 3. The van der Waals surface area contributed by atoms with Crippen LogP contribution in [0.2, 0.25) is 0 Å². The van der Waals surface area contributed by atoms with E-state index in [1.807, 2.05) is 20.0 Å². The van der Waals surface area contributed by atoms with E-state index in [0.29, 0.717) is 11.6 Å². The molecule has 1 aromatic heterocycles. The van der Waals surface area contributed by atoms with Gasteiger partial charge in [0.1, 0.15) is 0 Å². The first-order valence-corrected chi connectivity index (χ1v) is 4.39. The van der Waals surface area contributed by atoms with Gasteiger partial charge in [-0.15, -0.1) is 0 Å². The van der Waals surface area contributed by atoms with Gasteiger partial charge in [0.25, 0.3) is 0 Å². The largest absolute Gasteiger partial charge is 0.480 e. The molecule has 1 heterocycles. The number of pyridine rings is 1. The summed E-state index contributed by atoms with van der Waals surface area (Å²) >= 11 is 0. The SMILES string of the molecule is CNc1cc(C)nc(OC)c1C(C)=N. The van der Waals surface area contributed by atoms with Crippen LogP contribution < -0.4 is 10.1 Å². The average molecular weight is 193 g/mol. The molecule has 76 valence electrons. The summed E-state index contributed by atoms with van der Waals surface area (Å²) in [5.41, 5.74) is 2.91. The van der Waals surface area contributed by atoms with Gasteiger partial charge in [0.15, 0.2) is 0 Å². The first kappa shape index (κ1) is 10.5. The Morgan fingerprint density at radius 1 is 1.57 bits per heavy atom. The van der Waals surface area contributed by atoms with E-state index in [9.17, 15) is 0 Å². The maximum absolute atomic E-state index is 7.63. The predicted molar refractivity (Wildman–Crippen MR) is 57.6 cm³/mol. The van der Waals surface area contributed by atoms with Gasteiger partial charge in [0.2, 0.25) is 5.88 Å². The molecule has 0 unspecified atom stereocenters. The highest BCUT2D eigenvalue weighted by molar-refractivity contribution is 6.03. The van der Waals surface area contributed by atoms with Gasteiger partial charge >= 0.3 is 0 Å². The summed E-state index contributed by atoms with van der Waals surface area (Å²) in [6.45, 7) is 3.61. The van der Waals surface area contributed by atoms with E-state index in [2.05, 4.69) is 10.3 Å². The molecule has 0 atom stereocenters. The number of ether oxygens (including phenoxy) is 1. The van der Waals surface area contributed by atoms with Crippen molar-refractivity contribution in [3.05, 3.63) is 17.3 Å². The summed E-state index contributed by atoms with van der Waals surface area (Å²) in [4.78, 5) is 4.22. The zero-order valence-electron chi connectivity index (χ0n) is 8.93. The third-order valence-electron chi connectivity index (χ3n) is 1.95. The van der Waals surface area contributed by atoms with Crippen LogP contribution in [0.1, 0.15) is 18.2 Å². The molecular weight excluding hydrogens is 178 g/mol. The topological polar surface area (TPSA) is 58.0 Å². The number of aryl methyl sites for hydroxylation is 1. The lowest BCUT2D eigenvalue weighted by atomic mass is 10.1. The molecule has 0 radical (unpaired) electrons. The summed E-state index contributed by atoms with van der Waals surface area (Å²) in [5, 5.41) is 10.7. The first-order chi connectivity index (χ1) is 6.60. The molecule has 0 bridgehead atoms. The van der Waals surface area contributed by atoms with Crippen molar-refractivity contribution in [2.24, 2.45) is 0 Å². The second-order valence-electron chi connectivity index (χ2n) is 3.07. The number of nitrogens with zero attached hydrogens (tertiary/aromatic N) is 1. The van der Waals surface area contributed by atoms with Crippen LogP contribution in [0.25, 0.3) is 0 Å². The molecule has 0 spiro atoms. The molecule has 0 aliphatic rings. The lowest BCUT2D eigenvalue weighted by Crippen LogP contribution is -2.06. The Bertz CT molecular complexity index is 335. The molecule has 0 amide bonds. The molecule has 4 heteroatoms. The normalized spacial score (nSPS) is 9.71. The highest BCUT2D eigenvalue weighted by atomic mass is 16.5. The molecule has 0 aliphatic carbocycles. The number of anilines is 1. The third-order valence-corrected chi connectivity index (χ3v) is 1.95. The predicted octanol–water partition coefficient (Wildman–Crippen LogP) is 1.83. The van der Waals surface area contributed by atoms with Crippen molar-refractivity contribution in [2.75, 3.05) is 19.5 Å². The maximum Gasteiger partial charge on any atom is 0.224 e. The van der Waals surface area contributed by atoms with Crippen molar-refractivity contribution in [2.45, 2.75) is 13.8 Å². The number of nitrogens with one attached hydrogen (secondary N) is 2. The molecule has 0 fully saturated rings. The summed E-state index contributed by atoms with van der Waals surface area (Å²) in [6, 6.07) is 1.90. The van der Waals surface area contributed by atoms with Gasteiger partial charge < -0.3 is 15.5 Å². The van der Waals surface area contributed by atoms with Gasteiger partial charge in [0.05, 0.1) is 18.4 Å². The zero-order valence-corrected chi connectivity index (χ0v) is 8.93. The van der Waals surface area contributed by atoms with Crippen LogP contribution in [0, 0.1) is 12.3 Å². The van der Waals surface area contributed by atoms with E-state index in [1.165, 1.54) is 0 Å². The molecular formula is C10H15N3O. The maximum atomic E-state index is 7.63. The Labute approximate surface area is 83.8 Å². The smallest absolute Gasteiger partial charge is 0.224 e. The Morgan fingerprint density at radius 2 is 2.21 bits per heavy atom. The summed E-state index contributed by atoms with van der Waals surface area (Å²) < 4.78 is 5.14. The average Bonchev–Trinajstić information content (AvgIpc) is 2.15. The van der Waals surface area contributed by atoms with Gasteiger partial charge in [-0.25, -0.2) is 4.98 Å². The van der Waals surface area contributed by atoms with E-state index >= 15 is 0 Å². The zero-order chi connectivity index (χ0) is 10.7. The molecule has 4 nitrogen and oxygen atoms in total. The van der Waals surface area contributed by atoms with Crippen LogP contribution >= 0.6 is 0 Å². The summed E-state index contributed by atoms with van der Waals surface area (Å²) in [6.07, 6.45) is 0. The van der Waals surface area contributed by atoms with E-state index < -0.39 is 0 Å². The molecule has 0 saturated carbocycles. The highest BCUT2D eigenvalue weighted by Crippen LogP contribution is 2.25. The molecule has 0 saturated heterocycles. The Balaban J connectivity index is 3.40. The minimum atomic E-state index is 0.443. The first-order valence-electron chi connectivity index (χ1n) is 4.39. The minimum Gasteiger partial charge on any atom is -0.480 e. The fraction of sp³-hybridized carbons (Fsp3) is 0.400. The van der Waals surface area contributed by atoms with Crippen LogP contribution in [0.4, 0.5) is 5.69 Å². The van der Waals surface area contributed by atoms with Crippen LogP contribution in [-0.4, -0.2) is 24.9 Å².